The van der Waals surface area contributed by atoms with Crippen LogP contribution in [0, 0.1) is 17.5 Å². The number of amides is 1. The highest BCUT2D eigenvalue weighted by molar-refractivity contribution is 5.83. The van der Waals surface area contributed by atoms with E-state index in [1.54, 1.807) is 0 Å². The molecule has 1 amide bonds. The summed E-state index contributed by atoms with van der Waals surface area (Å²) in [6.07, 6.45) is -6.67. The van der Waals surface area contributed by atoms with Gasteiger partial charge in [-0.15, -0.1) is 0 Å². The van der Waals surface area contributed by atoms with Crippen molar-refractivity contribution >= 4 is 5.91 Å². The summed E-state index contributed by atoms with van der Waals surface area (Å²) in [5.74, 6) is -6.09. The highest BCUT2D eigenvalue weighted by Gasteiger charge is 2.45. The lowest BCUT2D eigenvalue weighted by atomic mass is 9.81. The van der Waals surface area contributed by atoms with Gasteiger partial charge in [-0.1, -0.05) is 0 Å². The molecule has 1 saturated heterocycles. The zero-order valence-corrected chi connectivity index (χ0v) is 11.9. The van der Waals surface area contributed by atoms with E-state index in [4.69, 9.17) is 5.73 Å². The molecule has 0 radical (unpaired) electrons. The second-order valence-electron chi connectivity index (χ2n) is 5.43. The fraction of sp³-hybridized carbons (Fsp3) is 0.500. The molecule has 9 heteroatoms. The number of nitrogens with zero attached hydrogens (tertiary/aromatic N) is 1. The molecule has 1 aliphatic heterocycles. The van der Waals surface area contributed by atoms with E-state index in [2.05, 4.69) is 0 Å². The maximum atomic E-state index is 13.9. The molecule has 0 aromatic heterocycles. The standard InChI is InChI=1S/C14H14F6N2O/c1-5-7(8-2-6(15)3-9(16)11(8)17)4-10(21)14(23)22(5)13(20)12(18)19/h2-3,5,7,10,12-13H,4,21H2,1H3. The summed E-state index contributed by atoms with van der Waals surface area (Å²) in [7, 11) is 0. The second-order valence-corrected chi connectivity index (χ2v) is 5.43. The van der Waals surface area contributed by atoms with E-state index in [1.165, 1.54) is 6.92 Å². The summed E-state index contributed by atoms with van der Waals surface area (Å²) in [5, 5.41) is 0. The quantitative estimate of drug-likeness (QED) is 0.522. The van der Waals surface area contributed by atoms with Gasteiger partial charge in [0.1, 0.15) is 5.82 Å². The Bertz CT molecular complexity index is 611. The Morgan fingerprint density at radius 2 is 1.83 bits per heavy atom. The Labute approximate surface area is 128 Å². The fourth-order valence-electron chi connectivity index (χ4n) is 2.86. The van der Waals surface area contributed by atoms with E-state index in [0.29, 0.717) is 12.1 Å². The lowest BCUT2D eigenvalue weighted by molar-refractivity contribution is -0.156. The molecule has 1 aromatic rings. The van der Waals surface area contributed by atoms with Crippen LogP contribution >= 0.6 is 0 Å². The Balaban J connectivity index is 2.46. The number of alkyl halides is 3. The van der Waals surface area contributed by atoms with Crippen molar-refractivity contribution in [2.24, 2.45) is 5.73 Å². The lowest BCUT2D eigenvalue weighted by Crippen LogP contribution is -2.59. The average molecular weight is 340 g/mol. The number of benzene rings is 1. The van der Waals surface area contributed by atoms with Crippen LogP contribution < -0.4 is 5.73 Å². The van der Waals surface area contributed by atoms with E-state index in [-0.39, 0.29) is 11.3 Å². The molecule has 0 saturated carbocycles. The predicted octanol–water partition coefficient (Wildman–Crippen LogP) is 2.70. The van der Waals surface area contributed by atoms with Gasteiger partial charge >= 0.3 is 0 Å². The van der Waals surface area contributed by atoms with Gasteiger partial charge in [0.25, 0.3) is 6.43 Å². The van der Waals surface area contributed by atoms with Gasteiger partial charge in [0.2, 0.25) is 12.2 Å². The zero-order valence-electron chi connectivity index (χ0n) is 11.9. The van der Waals surface area contributed by atoms with Crippen molar-refractivity contribution in [3.63, 3.8) is 0 Å². The van der Waals surface area contributed by atoms with Crippen molar-refractivity contribution < 1.29 is 31.1 Å². The summed E-state index contributed by atoms with van der Waals surface area (Å²) in [6.45, 7) is 1.20. The number of hydrogen-bond acceptors (Lipinski definition) is 2. The van der Waals surface area contributed by atoms with Crippen LogP contribution in [-0.4, -0.2) is 35.6 Å². The van der Waals surface area contributed by atoms with Crippen molar-refractivity contribution in [1.82, 2.24) is 4.90 Å². The SMILES string of the molecule is CC1C(c2cc(F)cc(F)c2F)CC(N)C(=O)N1C(F)C(F)F. The first-order valence-electron chi connectivity index (χ1n) is 6.79. The van der Waals surface area contributed by atoms with Gasteiger partial charge < -0.3 is 10.6 Å². The van der Waals surface area contributed by atoms with Crippen LogP contribution in [-0.2, 0) is 4.79 Å². The van der Waals surface area contributed by atoms with Gasteiger partial charge in [-0.2, -0.15) is 0 Å². The molecule has 1 fully saturated rings. The van der Waals surface area contributed by atoms with Crippen molar-refractivity contribution in [3.05, 3.63) is 35.1 Å². The third kappa shape index (κ3) is 3.15. The van der Waals surface area contributed by atoms with Crippen LogP contribution in [0.25, 0.3) is 0 Å². The summed E-state index contributed by atoms with van der Waals surface area (Å²) in [4.78, 5) is 12.1. The monoisotopic (exact) mass is 340 g/mol. The van der Waals surface area contributed by atoms with Gasteiger partial charge in [0, 0.05) is 18.0 Å². The number of carbonyl (C=O) groups is 1. The highest BCUT2D eigenvalue weighted by atomic mass is 19.3. The number of nitrogens with two attached hydrogens (primary N) is 1. The molecule has 1 heterocycles. The van der Waals surface area contributed by atoms with Crippen LogP contribution in [0.3, 0.4) is 0 Å². The second kappa shape index (κ2) is 6.38. The topological polar surface area (TPSA) is 46.3 Å². The molecule has 4 unspecified atom stereocenters. The average Bonchev–Trinajstić information content (AvgIpc) is 2.46. The number of rotatable bonds is 3. The molecular formula is C14H14F6N2O. The van der Waals surface area contributed by atoms with E-state index in [0.717, 1.165) is 0 Å². The number of carbonyl (C=O) groups excluding carboxylic acids is 1. The highest BCUT2D eigenvalue weighted by Crippen LogP contribution is 2.37. The van der Waals surface area contributed by atoms with Gasteiger partial charge in [-0.25, -0.2) is 26.3 Å². The maximum absolute atomic E-state index is 13.9. The van der Waals surface area contributed by atoms with Crippen molar-refractivity contribution in [3.8, 4) is 0 Å². The number of halogens is 6. The van der Waals surface area contributed by atoms with E-state index in [1.807, 2.05) is 0 Å². The molecule has 0 bridgehead atoms. The van der Waals surface area contributed by atoms with E-state index in [9.17, 15) is 31.1 Å². The van der Waals surface area contributed by atoms with Gasteiger partial charge in [-0.3, -0.25) is 4.79 Å². The number of piperidine rings is 1. The largest absolute Gasteiger partial charge is 0.320 e. The molecule has 0 spiro atoms. The minimum atomic E-state index is -3.48. The lowest BCUT2D eigenvalue weighted by Gasteiger charge is -2.43. The molecule has 2 N–H and O–H groups in total. The normalized spacial score (nSPS) is 26.7. The molecule has 2 rings (SSSR count). The smallest absolute Gasteiger partial charge is 0.287 e. The Morgan fingerprint density at radius 3 is 2.39 bits per heavy atom. The van der Waals surface area contributed by atoms with Crippen LogP contribution in [0.15, 0.2) is 12.1 Å². The van der Waals surface area contributed by atoms with Crippen LogP contribution in [0.5, 0.6) is 0 Å². The first-order chi connectivity index (χ1) is 10.6. The first kappa shape index (κ1) is 17.6. The summed E-state index contributed by atoms with van der Waals surface area (Å²) in [5.41, 5.74) is 5.04. The third-order valence-electron chi connectivity index (χ3n) is 3.99. The molecule has 23 heavy (non-hydrogen) atoms. The summed E-state index contributed by atoms with van der Waals surface area (Å²) >= 11 is 0. The van der Waals surface area contributed by atoms with E-state index >= 15 is 0 Å². The molecule has 128 valence electrons. The molecule has 3 nitrogen and oxygen atoms in total. The molecule has 0 aliphatic carbocycles. The first-order valence-corrected chi connectivity index (χ1v) is 6.79. The van der Waals surface area contributed by atoms with Gasteiger partial charge in [0.05, 0.1) is 6.04 Å². The van der Waals surface area contributed by atoms with Gasteiger partial charge in [0.15, 0.2) is 11.6 Å². The van der Waals surface area contributed by atoms with Crippen molar-refractivity contribution in [2.75, 3.05) is 0 Å². The zero-order chi connectivity index (χ0) is 17.5. The van der Waals surface area contributed by atoms with Crippen molar-refractivity contribution in [2.45, 2.75) is 44.1 Å². The number of hydrogen-bond donors (Lipinski definition) is 1. The Morgan fingerprint density at radius 1 is 1.22 bits per heavy atom. The van der Waals surface area contributed by atoms with Crippen molar-refractivity contribution in [1.29, 1.82) is 0 Å². The summed E-state index contributed by atoms with van der Waals surface area (Å²) in [6, 6.07) is -1.61. The van der Waals surface area contributed by atoms with Gasteiger partial charge in [-0.05, 0) is 25.0 Å². The minimum absolute atomic E-state index is 0.214. The fourth-order valence-corrected chi connectivity index (χ4v) is 2.86. The molecule has 1 aromatic carbocycles. The Hall–Kier alpha value is -1.77. The van der Waals surface area contributed by atoms with Crippen LogP contribution in [0.2, 0.25) is 0 Å². The van der Waals surface area contributed by atoms with Crippen LogP contribution in [0.1, 0.15) is 24.8 Å². The minimum Gasteiger partial charge on any atom is -0.320 e. The van der Waals surface area contributed by atoms with Crippen LogP contribution in [0.4, 0.5) is 26.3 Å². The van der Waals surface area contributed by atoms with E-state index < -0.39 is 59.6 Å². The third-order valence-corrected chi connectivity index (χ3v) is 3.99. The predicted molar refractivity (Wildman–Crippen MR) is 68.9 cm³/mol. The summed E-state index contributed by atoms with van der Waals surface area (Å²) < 4.78 is 79.5. The molecule has 4 atom stereocenters. The number of likely N-dealkylation sites (tertiary alicyclic amines) is 1. The molecular weight excluding hydrogens is 326 g/mol. The Kier molecular flexibility index (Phi) is 4.88. The molecule has 1 aliphatic rings. The maximum Gasteiger partial charge on any atom is 0.287 e.